The summed E-state index contributed by atoms with van der Waals surface area (Å²) in [5.41, 5.74) is 0.819. The van der Waals surface area contributed by atoms with Crippen molar-refractivity contribution in [3.8, 4) is 0 Å². The zero-order valence-electron chi connectivity index (χ0n) is 19.4. The summed E-state index contributed by atoms with van der Waals surface area (Å²) in [6.07, 6.45) is -1.82. The Morgan fingerprint density at radius 1 is 1.08 bits per heavy atom. The van der Waals surface area contributed by atoms with Crippen molar-refractivity contribution in [3.05, 3.63) is 92.7 Å². The minimum atomic E-state index is -4.77. The van der Waals surface area contributed by atoms with Crippen LogP contribution in [0.3, 0.4) is 0 Å². The number of hydrogen-bond donors (Lipinski definition) is 0. The average Bonchev–Trinajstić information content (AvgIpc) is 3.26. The molecule has 2 atom stereocenters. The van der Waals surface area contributed by atoms with Gasteiger partial charge in [0.15, 0.2) is 0 Å². The van der Waals surface area contributed by atoms with Crippen LogP contribution in [0.2, 0.25) is 10.0 Å². The molecule has 0 spiro atoms. The lowest BCUT2D eigenvalue weighted by molar-refractivity contribution is -0.140. The van der Waals surface area contributed by atoms with Gasteiger partial charge in [-0.05, 0) is 49.4 Å². The molecule has 1 amide bonds. The summed E-state index contributed by atoms with van der Waals surface area (Å²) in [7, 11) is 1.78. The van der Waals surface area contributed by atoms with Crippen LogP contribution in [0.5, 0.6) is 0 Å². The maximum absolute atomic E-state index is 14.2. The number of halogens is 6. The predicted molar refractivity (Wildman–Crippen MR) is 129 cm³/mol. The van der Waals surface area contributed by atoms with Gasteiger partial charge in [0, 0.05) is 37.8 Å². The van der Waals surface area contributed by atoms with Gasteiger partial charge in [-0.1, -0.05) is 35.3 Å². The summed E-state index contributed by atoms with van der Waals surface area (Å²) in [5, 5.41) is 0.765. The summed E-state index contributed by atoms with van der Waals surface area (Å²) < 4.78 is 53.0. The van der Waals surface area contributed by atoms with Crippen LogP contribution in [-0.4, -0.2) is 51.9 Å². The van der Waals surface area contributed by atoms with Gasteiger partial charge in [-0.15, -0.1) is 0 Å². The number of likely N-dealkylation sites (tertiary alicyclic amines) is 1. The van der Waals surface area contributed by atoms with E-state index in [1.54, 1.807) is 31.0 Å². The first-order chi connectivity index (χ1) is 16.9. The first-order valence-electron chi connectivity index (χ1n) is 11.0. The lowest BCUT2D eigenvalue weighted by Gasteiger charge is -2.29. The Bertz CT molecular complexity index is 1270. The topological polar surface area (TPSA) is 49.3 Å². The van der Waals surface area contributed by atoms with Crippen molar-refractivity contribution in [2.45, 2.75) is 31.6 Å². The second kappa shape index (κ2) is 10.3. The molecule has 4 rings (SSSR count). The third kappa shape index (κ3) is 5.63. The molecule has 1 saturated heterocycles. The van der Waals surface area contributed by atoms with E-state index in [4.69, 9.17) is 23.2 Å². The minimum Gasteiger partial charge on any atom is -0.335 e. The maximum Gasteiger partial charge on any atom is 0.419 e. The lowest BCUT2D eigenvalue weighted by atomic mass is 9.93. The van der Waals surface area contributed by atoms with Crippen LogP contribution in [0.25, 0.3) is 0 Å². The SMILES string of the molecule is Cc1cnc(C(=O)N2C[C@H](c3ccc(Cl)c(Cl)c3)[C@@H](N(C)Cc3ccc(C(F)(F)F)c(F)c3)C2)cn1. The van der Waals surface area contributed by atoms with Gasteiger partial charge in [0.2, 0.25) is 0 Å². The Morgan fingerprint density at radius 2 is 1.83 bits per heavy atom. The normalized spacial score (nSPS) is 18.2. The fourth-order valence-corrected chi connectivity index (χ4v) is 4.73. The molecule has 3 aromatic rings. The van der Waals surface area contributed by atoms with Crippen LogP contribution in [0.15, 0.2) is 48.8 Å². The van der Waals surface area contributed by atoms with Gasteiger partial charge in [-0.2, -0.15) is 13.2 Å². The minimum absolute atomic E-state index is 0.171. The van der Waals surface area contributed by atoms with Crippen LogP contribution in [0.1, 0.15) is 38.8 Å². The van der Waals surface area contributed by atoms with E-state index in [0.29, 0.717) is 34.4 Å². The first-order valence-corrected chi connectivity index (χ1v) is 11.8. The summed E-state index contributed by atoms with van der Waals surface area (Å²) in [5.74, 6) is -1.80. The highest BCUT2D eigenvalue weighted by Gasteiger charge is 2.39. The van der Waals surface area contributed by atoms with Crippen molar-refractivity contribution in [3.63, 3.8) is 0 Å². The predicted octanol–water partition coefficient (Wildman–Crippen LogP) is 5.99. The van der Waals surface area contributed by atoms with E-state index in [2.05, 4.69) is 9.97 Å². The van der Waals surface area contributed by atoms with Crippen LogP contribution in [-0.2, 0) is 12.7 Å². The first kappa shape index (κ1) is 26.3. The Labute approximate surface area is 215 Å². The van der Waals surface area contributed by atoms with E-state index < -0.39 is 17.6 Å². The number of nitrogens with zero attached hydrogens (tertiary/aromatic N) is 4. The number of carbonyl (C=O) groups excluding carboxylic acids is 1. The highest BCUT2D eigenvalue weighted by atomic mass is 35.5. The van der Waals surface area contributed by atoms with Gasteiger partial charge in [-0.25, -0.2) is 9.37 Å². The summed E-state index contributed by atoms with van der Waals surface area (Å²) in [6.45, 7) is 2.61. The number of aromatic nitrogens is 2. The lowest BCUT2D eigenvalue weighted by Crippen LogP contribution is -2.38. The second-order valence-electron chi connectivity index (χ2n) is 8.83. The number of likely N-dealkylation sites (N-methyl/N-ethyl adjacent to an activating group) is 1. The molecule has 1 aliphatic rings. The van der Waals surface area contributed by atoms with Gasteiger partial charge in [0.05, 0.1) is 27.5 Å². The number of alkyl halides is 3. The van der Waals surface area contributed by atoms with Crippen LogP contribution < -0.4 is 0 Å². The monoisotopic (exact) mass is 540 g/mol. The number of amides is 1. The molecule has 0 radical (unpaired) electrons. The molecule has 1 aliphatic heterocycles. The molecule has 0 N–H and O–H groups in total. The number of benzene rings is 2. The van der Waals surface area contributed by atoms with Crippen LogP contribution >= 0.6 is 23.2 Å². The summed E-state index contributed by atoms with van der Waals surface area (Å²) in [4.78, 5) is 25.0. The molecule has 0 unspecified atom stereocenters. The molecule has 0 saturated carbocycles. The van der Waals surface area contributed by atoms with Crippen molar-refractivity contribution in [2.24, 2.45) is 0 Å². The zero-order chi connectivity index (χ0) is 26.2. The molecule has 11 heteroatoms. The third-order valence-corrected chi connectivity index (χ3v) is 7.02. The van der Waals surface area contributed by atoms with Crippen molar-refractivity contribution in [2.75, 3.05) is 20.1 Å². The van der Waals surface area contributed by atoms with Crippen molar-refractivity contribution in [1.82, 2.24) is 19.8 Å². The number of aryl methyl sites for hydroxylation is 1. The van der Waals surface area contributed by atoms with Gasteiger partial charge < -0.3 is 4.90 Å². The molecule has 2 aromatic carbocycles. The van der Waals surface area contributed by atoms with Crippen molar-refractivity contribution < 1.29 is 22.4 Å². The van der Waals surface area contributed by atoms with Crippen LogP contribution in [0.4, 0.5) is 17.6 Å². The fraction of sp³-hybridized carbons (Fsp3) is 0.320. The molecule has 0 bridgehead atoms. The van der Waals surface area contributed by atoms with Gasteiger partial charge >= 0.3 is 6.18 Å². The van der Waals surface area contributed by atoms with Crippen LogP contribution in [0, 0.1) is 12.7 Å². The Balaban J connectivity index is 1.61. The average molecular weight is 541 g/mol. The smallest absolute Gasteiger partial charge is 0.335 e. The quantitative estimate of drug-likeness (QED) is 0.373. The molecule has 1 aromatic heterocycles. The summed E-state index contributed by atoms with van der Waals surface area (Å²) in [6, 6.07) is 7.91. The van der Waals surface area contributed by atoms with Crippen molar-refractivity contribution >= 4 is 29.1 Å². The zero-order valence-corrected chi connectivity index (χ0v) is 20.9. The maximum atomic E-state index is 14.2. The Morgan fingerprint density at radius 3 is 2.44 bits per heavy atom. The molecule has 1 fully saturated rings. The van der Waals surface area contributed by atoms with E-state index in [0.717, 1.165) is 17.7 Å². The highest BCUT2D eigenvalue weighted by Crippen LogP contribution is 2.36. The molecule has 2 heterocycles. The van der Waals surface area contributed by atoms with E-state index >= 15 is 0 Å². The van der Waals surface area contributed by atoms with E-state index in [9.17, 15) is 22.4 Å². The molecule has 190 valence electrons. The van der Waals surface area contributed by atoms with Gasteiger partial charge in [0.1, 0.15) is 11.5 Å². The fourth-order valence-electron chi connectivity index (χ4n) is 4.43. The molecule has 5 nitrogen and oxygen atoms in total. The number of rotatable bonds is 5. The summed E-state index contributed by atoms with van der Waals surface area (Å²) >= 11 is 12.3. The molecular weight excluding hydrogens is 519 g/mol. The number of carbonyl (C=O) groups is 1. The molecule has 36 heavy (non-hydrogen) atoms. The number of hydrogen-bond acceptors (Lipinski definition) is 4. The van der Waals surface area contributed by atoms with E-state index in [1.165, 1.54) is 18.5 Å². The molecular formula is C25H22Cl2F4N4O. The van der Waals surface area contributed by atoms with Crippen molar-refractivity contribution in [1.29, 1.82) is 0 Å². The van der Waals surface area contributed by atoms with Gasteiger partial charge in [-0.3, -0.25) is 14.7 Å². The Kier molecular flexibility index (Phi) is 7.54. The third-order valence-electron chi connectivity index (χ3n) is 6.29. The molecule has 0 aliphatic carbocycles. The standard InChI is InChI=1S/C25H22Cl2F4N4O/c1-14-9-33-22(10-32-14)24(36)35-12-17(16-4-6-19(26)20(27)8-16)23(13-35)34(2)11-15-3-5-18(21(28)7-15)25(29,30)31/h3-10,17,23H,11-13H2,1-2H3/t17-,23+/m1/s1. The second-order valence-corrected chi connectivity index (χ2v) is 9.64. The van der Waals surface area contributed by atoms with E-state index in [1.807, 2.05) is 11.0 Å². The largest absolute Gasteiger partial charge is 0.419 e. The Hall–Kier alpha value is -2.75. The highest BCUT2D eigenvalue weighted by molar-refractivity contribution is 6.42. The van der Waals surface area contributed by atoms with E-state index in [-0.39, 0.29) is 30.1 Å². The van der Waals surface area contributed by atoms with Gasteiger partial charge in [0.25, 0.3) is 5.91 Å².